The van der Waals surface area contributed by atoms with Gasteiger partial charge in [0.25, 0.3) is 0 Å². The fourth-order valence-electron chi connectivity index (χ4n) is 0.923. The minimum atomic E-state index is -0.759. The Bertz CT molecular complexity index is 298. The largest absolute Gasteiger partial charge is 0.468 e. The first-order valence-electron chi connectivity index (χ1n) is 3.93. The fourth-order valence-corrected chi connectivity index (χ4v) is 1.12. The third-order valence-corrected chi connectivity index (χ3v) is 2.11. The average molecular weight is 203 g/mol. The third kappa shape index (κ3) is 2.21. The molecule has 1 rings (SSSR count). The summed E-state index contributed by atoms with van der Waals surface area (Å²) in [4.78, 5) is 11.0. The average Bonchev–Trinajstić information content (AvgIpc) is 2.63. The molecular weight excluding hydrogens is 192 g/mol. The van der Waals surface area contributed by atoms with Gasteiger partial charge in [0.2, 0.25) is 0 Å². The van der Waals surface area contributed by atoms with Crippen LogP contribution in [-0.2, 0) is 16.1 Å². The zero-order valence-electron chi connectivity index (χ0n) is 7.53. The van der Waals surface area contributed by atoms with E-state index in [1.807, 2.05) is 6.92 Å². The third-order valence-electron chi connectivity index (χ3n) is 1.68. The zero-order valence-corrected chi connectivity index (χ0v) is 8.28. The van der Waals surface area contributed by atoms with E-state index in [-0.39, 0.29) is 0 Å². The number of carbonyl (C=O) groups excluding carboxylic acids is 1. The van der Waals surface area contributed by atoms with Crippen LogP contribution < -0.4 is 0 Å². The van der Waals surface area contributed by atoms with Crippen LogP contribution in [0.4, 0.5) is 0 Å². The van der Waals surface area contributed by atoms with Crippen LogP contribution in [0.5, 0.6) is 0 Å². The Morgan fingerprint density at radius 3 is 3.00 bits per heavy atom. The number of nitrogens with zero attached hydrogens (tertiary/aromatic N) is 2. The van der Waals surface area contributed by atoms with Crippen molar-refractivity contribution in [1.29, 1.82) is 0 Å². The van der Waals surface area contributed by atoms with Gasteiger partial charge in [0.15, 0.2) is 5.38 Å². The maximum absolute atomic E-state index is 11.0. The number of aryl methyl sites for hydroxylation is 1. The molecule has 0 spiro atoms. The molecule has 13 heavy (non-hydrogen) atoms. The van der Waals surface area contributed by atoms with Gasteiger partial charge in [0.1, 0.15) is 0 Å². The molecule has 0 bridgehead atoms. The molecule has 4 nitrogen and oxygen atoms in total. The van der Waals surface area contributed by atoms with Gasteiger partial charge in [-0.3, -0.25) is 9.48 Å². The van der Waals surface area contributed by atoms with E-state index in [0.29, 0.717) is 5.56 Å². The summed E-state index contributed by atoms with van der Waals surface area (Å²) in [6.45, 7) is 2.71. The number of esters is 1. The van der Waals surface area contributed by atoms with Gasteiger partial charge in [0, 0.05) is 18.3 Å². The van der Waals surface area contributed by atoms with Crippen LogP contribution in [0.25, 0.3) is 0 Å². The lowest BCUT2D eigenvalue weighted by Gasteiger charge is -2.02. The highest BCUT2D eigenvalue weighted by Crippen LogP contribution is 2.20. The fraction of sp³-hybridized carbons (Fsp3) is 0.500. The molecule has 0 saturated carbocycles. The second-order valence-corrected chi connectivity index (χ2v) is 2.95. The van der Waals surface area contributed by atoms with Crippen LogP contribution in [0.15, 0.2) is 12.4 Å². The molecule has 0 aromatic carbocycles. The number of aromatic nitrogens is 2. The molecular formula is C8H11ClN2O2. The van der Waals surface area contributed by atoms with Crippen molar-refractivity contribution in [3.05, 3.63) is 18.0 Å². The molecule has 1 aromatic heterocycles. The highest BCUT2D eigenvalue weighted by molar-refractivity contribution is 6.29. The van der Waals surface area contributed by atoms with E-state index in [2.05, 4.69) is 9.84 Å². The van der Waals surface area contributed by atoms with Crippen LogP contribution in [0, 0.1) is 0 Å². The van der Waals surface area contributed by atoms with Crippen LogP contribution in [0.3, 0.4) is 0 Å². The van der Waals surface area contributed by atoms with E-state index >= 15 is 0 Å². The van der Waals surface area contributed by atoms with Gasteiger partial charge in [-0.05, 0) is 6.92 Å². The Morgan fingerprint density at radius 2 is 2.54 bits per heavy atom. The first-order chi connectivity index (χ1) is 6.19. The lowest BCUT2D eigenvalue weighted by molar-refractivity contribution is -0.140. The molecule has 1 heterocycles. The normalized spacial score (nSPS) is 12.5. The highest BCUT2D eigenvalue weighted by atomic mass is 35.5. The van der Waals surface area contributed by atoms with Crippen molar-refractivity contribution in [1.82, 2.24) is 9.78 Å². The van der Waals surface area contributed by atoms with Crippen molar-refractivity contribution in [2.45, 2.75) is 18.8 Å². The Labute approximate surface area is 81.4 Å². The molecule has 1 aromatic rings. The second kappa shape index (κ2) is 4.28. The van der Waals surface area contributed by atoms with E-state index in [1.165, 1.54) is 7.11 Å². The van der Waals surface area contributed by atoms with Crippen LogP contribution in [0.1, 0.15) is 17.9 Å². The predicted molar refractivity (Wildman–Crippen MR) is 48.5 cm³/mol. The van der Waals surface area contributed by atoms with E-state index in [0.717, 1.165) is 6.54 Å². The molecule has 1 atom stereocenters. The molecule has 0 aliphatic carbocycles. The Morgan fingerprint density at radius 1 is 1.85 bits per heavy atom. The lowest BCUT2D eigenvalue weighted by atomic mass is 10.2. The summed E-state index contributed by atoms with van der Waals surface area (Å²) in [6.07, 6.45) is 3.30. The zero-order chi connectivity index (χ0) is 9.84. The number of hydrogen-bond acceptors (Lipinski definition) is 3. The Kier molecular flexibility index (Phi) is 3.31. The van der Waals surface area contributed by atoms with E-state index in [1.54, 1.807) is 17.1 Å². The number of ether oxygens (including phenoxy) is 1. The quantitative estimate of drug-likeness (QED) is 0.549. The minimum absolute atomic E-state index is 0.461. The summed E-state index contributed by atoms with van der Waals surface area (Å²) in [5.74, 6) is -0.461. The van der Waals surface area contributed by atoms with Crippen molar-refractivity contribution in [2.75, 3.05) is 7.11 Å². The number of rotatable bonds is 3. The number of hydrogen-bond donors (Lipinski definition) is 0. The SMILES string of the molecule is CCn1cc(C(Cl)C(=O)OC)cn1. The molecule has 0 aliphatic heterocycles. The van der Waals surface area contributed by atoms with Crippen molar-refractivity contribution in [2.24, 2.45) is 0 Å². The van der Waals surface area contributed by atoms with Gasteiger partial charge >= 0.3 is 5.97 Å². The Balaban J connectivity index is 2.76. The van der Waals surface area contributed by atoms with Gasteiger partial charge in [-0.25, -0.2) is 0 Å². The predicted octanol–water partition coefficient (Wildman–Crippen LogP) is 1.36. The van der Waals surface area contributed by atoms with Gasteiger partial charge in [-0.15, -0.1) is 11.6 Å². The highest BCUT2D eigenvalue weighted by Gasteiger charge is 2.19. The summed E-state index contributed by atoms with van der Waals surface area (Å²) >= 11 is 5.80. The molecule has 0 amide bonds. The summed E-state index contributed by atoms with van der Waals surface area (Å²) in [6, 6.07) is 0. The monoisotopic (exact) mass is 202 g/mol. The number of carbonyl (C=O) groups is 1. The van der Waals surface area contributed by atoms with Gasteiger partial charge in [0.05, 0.1) is 13.3 Å². The van der Waals surface area contributed by atoms with Gasteiger partial charge in [-0.1, -0.05) is 0 Å². The molecule has 72 valence electrons. The minimum Gasteiger partial charge on any atom is -0.468 e. The maximum Gasteiger partial charge on any atom is 0.328 e. The number of methoxy groups -OCH3 is 1. The Hall–Kier alpha value is -1.03. The van der Waals surface area contributed by atoms with Crippen molar-refractivity contribution in [3.63, 3.8) is 0 Å². The smallest absolute Gasteiger partial charge is 0.328 e. The summed E-state index contributed by atoms with van der Waals surface area (Å²) in [7, 11) is 1.31. The molecule has 0 N–H and O–H groups in total. The van der Waals surface area contributed by atoms with Crippen molar-refractivity contribution in [3.8, 4) is 0 Å². The summed E-state index contributed by atoms with van der Waals surface area (Å²) in [5.41, 5.74) is 0.662. The van der Waals surface area contributed by atoms with E-state index < -0.39 is 11.3 Å². The summed E-state index contributed by atoms with van der Waals surface area (Å²) < 4.78 is 6.20. The molecule has 0 aliphatic rings. The first-order valence-corrected chi connectivity index (χ1v) is 4.37. The standard InChI is InChI=1S/C8H11ClN2O2/c1-3-11-5-6(4-10-11)7(9)8(12)13-2/h4-5,7H,3H2,1-2H3. The van der Waals surface area contributed by atoms with Gasteiger partial charge < -0.3 is 4.74 Å². The second-order valence-electron chi connectivity index (χ2n) is 2.52. The molecule has 0 saturated heterocycles. The van der Waals surface area contributed by atoms with Gasteiger partial charge in [-0.2, -0.15) is 5.10 Å². The summed E-state index contributed by atoms with van der Waals surface area (Å²) in [5, 5.41) is 3.24. The van der Waals surface area contributed by atoms with Crippen LogP contribution in [-0.4, -0.2) is 22.9 Å². The van der Waals surface area contributed by atoms with Crippen LogP contribution >= 0.6 is 11.6 Å². The lowest BCUT2D eigenvalue weighted by Crippen LogP contribution is -2.07. The molecule has 5 heteroatoms. The molecule has 1 unspecified atom stereocenters. The topological polar surface area (TPSA) is 44.1 Å². The maximum atomic E-state index is 11.0. The van der Waals surface area contributed by atoms with Crippen molar-refractivity contribution < 1.29 is 9.53 Å². The van der Waals surface area contributed by atoms with Crippen LogP contribution in [0.2, 0.25) is 0 Å². The molecule has 0 radical (unpaired) electrons. The van der Waals surface area contributed by atoms with E-state index in [9.17, 15) is 4.79 Å². The first kappa shape index (κ1) is 10.1. The van der Waals surface area contributed by atoms with E-state index in [4.69, 9.17) is 11.6 Å². The number of halogens is 1. The molecule has 0 fully saturated rings. The number of alkyl halides is 1. The van der Waals surface area contributed by atoms with Crippen molar-refractivity contribution >= 4 is 17.6 Å².